The van der Waals surface area contributed by atoms with E-state index in [4.69, 9.17) is 28.2 Å². The fraction of sp³-hybridized carbons (Fsp3) is 0.222. The third-order valence-corrected chi connectivity index (χ3v) is 6.67. The van der Waals surface area contributed by atoms with E-state index in [0.29, 0.717) is 42.7 Å². The van der Waals surface area contributed by atoms with Gasteiger partial charge in [0.1, 0.15) is 17.3 Å². The highest BCUT2D eigenvalue weighted by Crippen LogP contribution is 2.31. The second kappa shape index (κ2) is 11.5. The fourth-order valence-corrected chi connectivity index (χ4v) is 4.47. The minimum Gasteiger partial charge on any atom is -0.459 e. The number of hydrogen-bond donors (Lipinski definition) is 2. The van der Waals surface area contributed by atoms with E-state index in [0.717, 1.165) is 17.3 Å². The first-order valence-corrected chi connectivity index (χ1v) is 12.9. The number of nitrogens with zero attached hydrogens (tertiary/aromatic N) is 4. The van der Waals surface area contributed by atoms with Gasteiger partial charge < -0.3 is 24.9 Å². The molecule has 1 saturated heterocycles. The zero-order chi connectivity index (χ0) is 27.4. The number of alkyl halides is 3. The molecule has 2 aromatic heterocycles. The lowest BCUT2D eigenvalue weighted by molar-refractivity contribution is -0.141. The van der Waals surface area contributed by atoms with Crippen LogP contribution >= 0.6 is 23.8 Å². The summed E-state index contributed by atoms with van der Waals surface area (Å²) in [6.07, 6.45) is -4.64. The molecular formula is C27H24ClF3N6OS. The number of nitrogens with one attached hydrogen (secondary N) is 2. The largest absolute Gasteiger partial charge is 0.459 e. The SMILES string of the molecule is FC(F)(F)c1cc(N2CCN(c3ccccc3)CC2)nc(NC(=S)NCc2ccc(-c3ccc(Cl)cc3)o2)n1. The maximum atomic E-state index is 13.7. The van der Waals surface area contributed by atoms with Gasteiger partial charge in [-0.1, -0.05) is 29.8 Å². The number of para-hydroxylation sites is 1. The van der Waals surface area contributed by atoms with Gasteiger partial charge in [0.2, 0.25) is 5.95 Å². The Balaban J connectivity index is 1.23. The Labute approximate surface area is 233 Å². The third kappa shape index (κ3) is 6.79. The second-order valence-corrected chi connectivity index (χ2v) is 9.67. The van der Waals surface area contributed by atoms with E-state index >= 15 is 0 Å². The van der Waals surface area contributed by atoms with Crippen molar-refractivity contribution < 1.29 is 17.6 Å². The molecule has 1 aliphatic heterocycles. The number of anilines is 3. The molecule has 0 atom stereocenters. The van der Waals surface area contributed by atoms with Gasteiger partial charge in [-0.25, -0.2) is 4.98 Å². The summed E-state index contributed by atoms with van der Waals surface area (Å²) in [5.74, 6) is 1.20. The fourth-order valence-electron chi connectivity index (χ4n) is 4.19. The third-order valence-electron chi connectivity index (χ3n) is 6.17. The molecule has 0 unspecified atom stereocenters. The lowest BCUT2D eigenvalue weighted by Gasteiger charge is -2.37. The first-order valence-electron chi connectivity index (χ1n) is 12.2. The van der Waals surface area contributed by atoms with Crippen molar-refractivity contribution in [2.24, 2.45) is 0 Å². The van der Waals surface area contributed by atoms with Gasteiger partial charge in [-0.05, 0) is 60.7 Å². The van der Waals surface area contributed by atoms with E-state index in [1.54, 1.807) is 18.2 Å². The Bertz CT molecular complexity index is 1420. The van der Waals surface area contributed by atoms with Crippen molar-refractivity contribution in [2.45, 2.75) is 12.7 Å². The summed E-state index contributed by atoms with van der Waals surface area (Å²) >= 11 is 11.2. The Morgan fingerprint density at radius 3 is 2.31 bits per heavy atom. The highest BCUT2D eigenvalue weighted by molar-refractivity contribution is 7.80. The molecule has 2 N–H and O–H groups in total. The summed E-state index contributed by atoms with van der Waals surface area (Å²) in [5.41, 5.74) is 0.897. The molecule has 5 rings (SSSR count). The molecule has 0 spiro atoms. The average molecular weight is 573 g/mol. The topological polar surface area (TPSA) is 69.5 Å². The molecule has 1 fully saturated rings. The van der Waals surface area contributed by atoms with Crippen molar-refractivity contribution in [3.8, 4) is 11.3 Å². The normalized spacial score (nSPS) is 13.8. The number of hydrogen-bond acceptors (Lipinski definition) is 6. The minimum absolute atomic E-state index is 0.0682. The molecule has 0 saturated carbocycles. The van der Waals surface area contributed by atoms with Crippen molar-refractivity contribution in [3.63, 3.8) is 0 Å². The summed E-state index contributed by atoms with van der Waals surface area (Å²) in [5, 5.41) is 6.31. The Kier molecular flexibility index (Phi) is 7.89. The van der Waals surface area contributed by atoms with Gasteiger partial charge in [0.05, 0.1) is 6.54 Å². The highest BCUT2D eigenvalue weighted by Gasteiger charge is 2.34. The number of benzene rings is 2. The Morgan fingerprint density at radius 2 is 1.62 bits per heavy atom. The molecule has 202 valence electrons. The van der Waals surface area contributed by atoms with Crippen LogP contribution in [0.2, 0.25) is 5.02 Å². The summed E-state index contributed by atoms with van der Waals surface area (Å²) in [7, 11) is 0. The summed E-state index contributed by atoms with van der Waals surface area (Å²) < 4.78 is 46.8. The number of piperazine rings is 1. The van der Waals surface area contributed by atoms with Gasteiger partial charge in [0, 0.05) is 48.5 Å². The van der Waals surface area contributed by atoms with E-state index in [-0.39, 0.29) is 23.4 Å². The lowest BCUT2D eigenvalue weighted by Crippen LogP contribution is -2.47. The van der Waals surface area contributed by atoms with Crippen LogP contribution in [0.5, 0.6) is 0 Å². The molecule has 1 aliphatic rings. The molecule has 4 aromatic rings. The van der Waals surface area contributed by atoms with Crippen molar-refractivity contribution in [1.82, 2.24) is 15.3 Å². The van der Waals surface area contributed by atoms with Crippen molar-refractivity contribution in [1.29, 1.82) is 0 Å². The standard InChI is InChI=1S/C27H24ClF3N6OS/c28-19-8-6-18(7-9-19)22-11-10-21(38-22)17-32-26(39)35-25-33-23(27(29,30)31)16-24(34-25)37-14-12-36(13-15-37)20-4-2-1-3-5-20/h1-11,16H,12-15,17H2,(H2,32,33,34,35,39). The first kappa shape index (κ1) is 26.8. The van der Waals surface area contributed by atoms with Crippen LogP contribution in [-0.4, -0.2) is 41.3 Å². The van der Waals surface area contributed by atoms with Crippen LogP contribution in [0.25, 0.3) is 11.3 Å². The van der Waals surface area contributed by atoms with Crippen LogP contribution in [-0.2, 0) is 12.7 Å². The zero-order valence-corrected chi connectivity index (χ0v) is 22.2. The van der Waals surface area contributed by atoms with Gasteiger partial charge in [-0.2, -0.15) is 18.2 Å². The summed E-state index contributed by atoms with van der Waals surface area (Å²) in [6, 6.07) is 21.7. The maximum absolute atomic E-state index is 13.7. The van der Waals surface area contributed by atoms with Crippen LogP contribution in [0, 0.1) is 0 Å². The van der Waals surface area contributed by atoms with E-state index in [1.165, 1.54) is 0 Å². The molecule has 39 heavy (non-hydrogen) atoms. The average Bonchev–Trinajstić information content (AvgIpc) is 3.41. The quantitative estimate of drug-likeness (QED) is 0.264. The number of halogens is 4. The number of rotatable bonds is 6. The first-order chi connectivity index (χ1) is 18.7. The van der Waals surface area contributed by atoms with E-state index in [2.05, 4.69) is 25.5 Å². The second-order valence-electron chi connectivity index (χ2n) is 8.82. The van der Waals surface area contributed by atoms with Gasteiger partial charge in [0.25, 0.3) is 0 Å². The smallest absolute Gasteiger partial charge is 0.433 e. The molecule has 7 nitrogen and oxygen atoms in total. The predicted molar refractivity (Wildman–Crippen MR) is 150 cm³/mol. The lowest BCUT2D eigenvalue weighted by atomic mass is 10.2. The van der Waals surface area contributed by atoms with E-state index < -0.39 is 11.9 Å². The highest BCUT2D eigenvalue weighted by atomic mass is 35.5. The molecule has 2 aromatic carbocycles. The molecule has 0 aliphatic carbocycles. The van der Waals surface area contributed by atoms with Crippen LogP contribution in [0.3, 0.4) is 0 Å². The zero-order valence-electron chi connectivity index (χ0n) is 20.6. The molecule has 0 amide bonds. The van der Waals surface area contributed by atoms with E-state index in [1.807, 2.05) is 53.4 Å². The van der Waals surface area contributed by atoms with Crippen LogP contribution < -0.4 is 20.4 Å². The molecule has 0 radical (unpaired) electrons. The van der Waals surface area contributed by atoms with Gasteiger partial charge in [0.15, 0.2) is 10.8 Å². The molecule has 12 heteroatoms. The summed E-state index contributed by atoms with van der Waals surface area (Å²) in [6.45, 7) is 2.55. The van der Waals surface area contributed by atoms with Gasteiger partial charge in [-0.3, -0.25) is 0 Å². The van der Waals surface area contributed by atoms with Crippen molar-refractivity contribution in [2.75, 3.05) is 41.3 Å². The van der Waals surface area contributed by atoms with Crippen LogP contribution in [0.4, 0.5) is 30.6 Å². The summed E-state index contributed by atoms with van der Waals surface area (Å²) in [4.78, 5) is 12.0. The van der Waals surface area contributed by atoms with Gasteiger partial charge >= 0.3 is 6.18 Å². The van der Waals surface area contributed by atoms with Crippen LogP contribution in [0.1, 0.15) is 11.5 Å². The monoisotopic (exact) mass is 572 g/mol. The predicted octanol–water partition coefficient (Wildman–Crippen LogP) is 6.22. The van der Waals surface area contributed by atoms with Crippen molar-refractivity contribution >= 4 is 46.4 Å². The Morgan fingerprint density at radius 1 is 0.923 bits per heavy atom. The van der Waals surface area contributed by atoms with Crippen molar-refractivity contribution in [3.05, 3.63) is 89.3 Å². The number of furan rings is 1. The van der Waals surface area contributed by atoms with Gasteiger partial charge in [-0.15, -0.1) is 0 Å². The number of thiocarbonyl (C=S) groups is 1. The van der Waals surface area contributed by atoms with Crippen LogP contribution in [0.15, 0.2) is 77.2 Å². The van der Waals surface area contributed by atoms with E-state index in [9.17, 15) is 13.2 Å². The molecule has 0 bridgehead atoms. The molecule has 3 heterocycles. The number of aromatic nitrogens is 2. The minimum atomic E-state index is -4.64. The Hall–Kier alpha value is -3.83. The molecular weight excluding hydrogens is 549 g/mol. The maximum Gasteiger partial charge on any atom is 0.433 e.